The van der Waals surface area contributed by atoms with Crippen LogP contribution in [0.4, 0.5) is 19.0 Å². The molecule has 1 aliphatic rings. The van der Waals surface area contributed by atoms with Crippen molar-refractivity contribution in [3.8, 4) is 0 Å². The van der Waals surface area contributed by atoms with Crippen LogP contribution in [0, 0.1) is 0 Å². The largest absolute Gasteiger partial charge is 0.419 e. The van der Waals surface area contributed by atoms with Crippen molar-refractivity contribution in [1.82, 2.24) is 4.98 Å². The molecule has 0 amide bonds. The summed E-state index contributed by atoms with van der Waals surface area (Å²) in [5.41, 5.74) is -1.56. The van der Waals surface area contributed by atoms with Crippen LogP contribution in [-0.4, -0.2) is 28.8 Å². The maximum absolute atomic E-state index is 13.1. The zero-order chi connectivity index (χ0) is 15.0. The first-order valence-corrected chi connectivity index (χ1v) is 7.18. The van der Waals surface area contributed by atoms with Crippen LogP contribution in [-0.2, 0) is 6.18 Å². The zero-order valence-electron chi connectivity index (χ0n) is 11.0. The van der Waals surface area contributed by atoms with E-state index in [1.165, 1.54) is 6.20 Å². The van der Waals surface area contributed by atoms with Crippen LogP contribution in [0.15, 0.2) is 16.7 Å². The fraction of sp³-hybridized carbons (Fsp3) is 0.615. The molecule has 0 saturated carbocycles. The Hall–Kier alpha value is -0.820. The molecule has 1 N–H and O–H groups in total. The zero-order valence-corrected chi connectivity index (χ0v) is 12.6. The molecular formula is C13H16BrF3N2O. The molecule has 112 valence electrons. The minimum Gasteiger partial charge on any atom is -0.390 e. The van der Waals surface area contributed by atoms with Gasteiger partial charge in [0, 0.05) is 23.8 Å². The van der Waals surface area contributed by atoms with Crippen LogP contribution < -0.4 is 4.90 Å². The van der Waals surface area contributed by atoms with Crippen molar-refractivity contribution in [3.63, 3.8) is 0 Å². The summed E-state index contributed by atoms with van der Waals surface area (Å²) in [7, 11) is 0. The highest BCUT2D eigenvalue weighted by molar-refractivity contribution is 9.10. The number of anilines is 1. The van der Waals surface area contributed by atoms with Crippen LogP contribution in [0.3, 0.4) is 0 Å². The van der Waals surface area contributed by atoms with E-state index in [2.05, 4.69) is 20.9 Å². The van der Waals surface area contributed by atoms with E-state index < -0.39 is 17.3 Å². The summed E-state index contributed by atoms with van der Waals surface area (Å²) in [6, 6.07) is 1.05. The minimum absolute atomic E-state index is 0.0570. The third-order valence-electron chi connectivity index (χ3n) is 3.50. The molecule has 0 radical (unpaired) electrons. The Morgan fingerprint density at radius 1 is 1.35 bits per heavy atom. The first-order chi connectivity index (χ1) is 9.19. The predicted octanol–water partition coefficient (Wildman–Crippen LogP) is 3.60. The molecule has 1 aromatic rings. The number of halogens is 4. The van der Waals surface area contributed by atoms with Crippen LogP contribution in [0.2, 0.25) is 0 Å². The van der Waals surface area contributed by atoms with Crippen molar-refractivity contribution < 1.29 is 18.3 Å². The number of hydrogen-bond acceptors (Lipinski definition) is 3. The Morgan fingerprint density at radius 3 is 2.70 bits per heavy atom. The predicted molar refractivity (Wildman–Crippen MR) is 73.6 cm³/mol. The Bertz CT molecular complexity index is 491. The summed E-state index contributed by atoms with van der Waals surface area (Å²) < 4.78 is 39.6. The number of aromatic nitrogens is 1. The lowest BCUT2D eigenvalue weighted by Gasteiger charge is -2.26. The molecule has 1 saturated heterocycles. The lowest BCUT2D eigenvalue weighted by Crippen LogP contribution is -2.30. The van der Waals surface area contributed by atoms with Crippen molar-refractivity contribution in [1.29, 1.82) is 0 Å². The van der Waals surface area contributed by atoms with E-state index >= 15 is 0 Å². The van der Waals surface area contributed by atoms with E-state index in [4.69, 9.17) is 0 Å². The number of alkyl halides is 3. The van der Waals surface area contributed by atoms with Gasteiger partial charge in [-0.3, -0.25) is 0 Å². The third-order valence-corrected chi connectivity index (χ3v) is 3.94. The maximum atomic E-state index is 13.1. The van der Waals surface area contributed by atoms with Crippen molar-refractivity contribution >= 4 is 21.7 Å². The minimum atomic E-state index is -4.44. The van der Waals surface area contributed by atoms with Crippen molar-refractivity contribution in [3.05, 3.63) is 22.3 Å². The smallest absolute Gasteiger partial charge is 0.390 e. The van der Waals surface area contributed by atoms with Gasteiger partial charge in [0.25, 0.3) is 0 Å². The van der Waals surface area contributed by atoms with Crippen molar-refractivity contribution in [2.45, 2.75) is 38.0 Å². The fourth-order valence-corrected chi connectivity index (χ4v) is 2.70. The average molecular weight is 353 g/mol. The van der Waals surface area contributed by atoms with E-state index in [-0.39, 0.29) is 5.82 Å². The molecule has 1 fully saturated rings. The number of nitrogens with zero attached hydrogens (tertiary/aromatic N) is 2. The standard InChI is InChI=1S/C13H16BrF3N2O/c1-12(20)3-2-5-19(6-4-12)11-10(13(15,16)17)7-9(14)8-18-11/h7-8,20H,2-6H2,1H3. The molecule has 1 atom stereocenters. The molecule has 1 unspecified atom stereocenters. The van der Waals surface area contributed by atoms with Gasteiger partial charge in [0.15, 0.2) is 0 Å². The van der Waals surface area contributed by atoms with Gasteiger partial charge in [0.2, 0.25) is 0 Å². The van der Waals surface area contributed by atoms with Gasteiger partial charge in [-0.25, -0.2) is 4.98 Å². The summed E-state index contributed by atoms with van der Waals surface area (Å²) >= 11 is 3.03. The lowest BCUT2D eigenvalue weighted by atomic mass is 9.98. The third kappa shape index (κ3) is 3.63. The molecule has 0 aliphatic carbocycles. The fourth-order valence-electron chi connectivity index (χ4n) is 2.37. The van der Waals surface area contributed by atoms with Crippen molar-refractivity contribution in [2.24, 2.45) is 0 Å². The monoisotopic (exact) mass is 352 g/mol. The molecule has 1 aromatic heterocycles. The van der Waals surface area contributed by atoms with Crippen LogP contribution in [0.25, 0.3) is 0 Å². The summed E-state index contributed by atoms with van der Waals surface area (Å²) in [6.45, 7) is 2.55. The van der Waals surface area contributed by atoms with E-state index in [0.717, 1.165) is 6.07 Å². The lowest BCUT2D eigenvalue weighted by molar-refractivity contribution is -0.137. The van der Waals surface area contributed by atoms with E-state index in [1.54, 1.807) is 11.8 Å². The number of rotatable bonds is 1. The Morgan fingerprint density at radius 2 is 2.05 bits per heavy atom. The molecule has 1 aliphatic heterocycles. The normalized spacial score (nSPS) is 24.6. The summed E-state index contributed by atoms with van der Waals surface area (Å²) in [5, 5.41) is 10.0. The van der Waals surface area contributed by atoms with E-state index in [9.17, 15) is 18.3 Å². The summed E-state index contributed by atoms with van der Waals surface area (Å²) in [4.78, 5) is 5.54. The highest BCUT2D eigenvalue weighted by Gasteiger charge is 2.37. The topological polar surface area (TPSA) is 36.4 Å². The van der Waals surface area contributed by atoms with E-state index in [0.29, 0.717) is 36.8 Å². The number of aliphatic hydroxyl groups is 1. The van der Waals surface area contributed by atoms with Gasteiger partial charge in [0.1, 0.15) is 5.82 Å². The second-order valence-electron chi connectivity index (χ2n) is 5.36. The molecule has 0 spiro atoms. The molecule has 0 bridgehead atoms. The Balaban J connectivity index is 2.33. The molecule has 3 nitrogen and oxygen atoms in total. The van der Waals surface area contributed by atoms with Crippen molar-refractivity contribution in [2.75, 3.05) is 18.0 Å². The number of pyridine rings is 1. The SMILES string of the molecule is CC1(O)CCCN(c2ncc(Br)cc2C(F)(F)F)CC1. The van der Waals surface area contributed by atoms with Gasteiger partial charge >= 0.3 is 6.18 Å². The first-order valence-electron chi connectivity index (χ1n) is 6.39. The average Bonchev–Trinajstić information content (AvgIpc) is 2.49. The van der Waals surface area contributed by atoms with Gasteiger partial charge in [-0.2, -0.15) is 13.2 Å². The molecule has 20 heavy (non-hydrogen) atoms. The maximum Gasteiger partial charge on any atom is 0.419 e. The van der Waals surface area contributed by atoms with Gasteiger partial charge < -0.3 is 10.0 Å². The second-order valence-corrected chi connectivity index (χ2v) is 6.28. The summed E-state index contributed by atoms with van der Waals surface area (Å²) in [6.07, 6.45) is -1.42. The molecule has 0 aromatic carbocycles. The Kier molecular flexibility index (Phi) is 4.30. The van der Waals surface area contributed by atoms with Crippen LogP contribution >= 0.6 is 15.9 Å². The van der Waals surface area contributed by atoms with Gasteiger partial charge in [0.05, 0.1) is 11.2 Å². The molecule has 2 heterocycles. The van der Waals surface area contributed by atoms with Gasteiger partial charge in [-0.05, 0) is 48.2 Å². The summed E-state index contributed by atoms with van der Waals surface area (Å²) in [5.74, 6) is -0.0570. The Labute approximate surface area is 123 Å². The van der Waals surface area contributed by atoms with Crippen LogP contribution in [0.1, 0.15) is 31.7 Å². The molecule has 2 rings (SSSR count). The molecular weight excluding hydrogens is 337 g/mol. The quantitative estimate of drug-likeness (QED) is 0.838. The highest BCUT2D eigenvalue weighted by atomic mass is 79.9. The first kappa shape index (κ1) is 15.6. The highest BCUT2D eigenvalue weighted by Crippen LogP contribution is 2.37. The molecule has 7 heteroatoms. The second kappa shape index (κ2) is 5.52. The van der Waals surface area contributed by atoms with Gasteiger partial charge in [-0.1, -0.05) is 0 Å². The van der Waals surface area contributed by atoms with E-state index in [1.807, 2.05) is 0 Å². The van der Waals surface area contributed by atoms with Crippen LogP contribution in [0.5, 0.6) is 0 Å². The van der Waals surface area contributed by atoms with Gasteiger partial charge in [-0.15, -0.1) is 0 Å². The number of hydrogen-bond donors (Lipinski definition) is 1.